The lowest BCUT2D eigenvalue weighted by atomic mass is 9.85. The summed E-state index contributed by atoms with van der Waals surface area (Å²) in [6.45, 7) is 4.81. The highest BCUT2D eigenvalue weighted by atomic mass is 16.7. The number of pyridine rings is 1. The van der Waals surface area contributed by atoms with Gasteiger partial charge in [0.05, 0.1) is 12.3 Å². The van der Waals surface area contributed by atoms with E-state index < -0.39 is 11.5 Å². The molecule has 0 saturated carbocycles. The molecule has 12 nitrogen and oxygen atoms in total. The summed E-state index contributed by atoms with van der Waals surface area (Å²) in [6.07, 6.45) is 8.73. The highest BCUT2D eigenvalue weighted by molar-refractivity contribution is 5.90. The molecule has 0 fully saturated rings. The summed E-state index contributed by atoms with van der Waals surface area (Å²) in [7, 11) is 1.92. The van der Waals surface area contributed by atoms with Gasteiger partial charge in [-0.1, -0.05) is 68.5 Å². The monoisotopic (exact) mass is 746 g/mol. The van der Waals surface area contributed by atoms with Crippen LogP contribution in [0, 0.1) is 5.41 Å². The van der Waals surface area contributed by atoms with Gasteiger partial charge in [0, 0.05) is 43.3 Å². The van der Waals surface area contributed by atoms with Gasteiger partial charge < -0.3 is 34.9 Å². The number of nitrogens with two attached hydrogens (primary N) is 1. The van der Waals surface area contributed by atoms with Crippen molar-refractivity contribution in [3.05, 3.63) is 114 Å². The molecule has 0 saturated heterocycles. The predicted molar refractivity (Wildman–Crippen MR) is 212 cm³/mol. The third kappa shape index (κ3) is 10.4. The van der Waals surface area contributed by atoms with Crippen LogP contribution in [0.25, 0.3) is 22.4 Å². The van der Waals surface area contributed by atoms with E-state index in [9.17, 15) is 14.7 Å². The van der Waals surface area contributed by atoms with E-state index in [4.69, 9.17) is 25.0 Å². The van der Waals surface area contributed by atoms with Gasteiger partial charge in [-0.3, -0.25) is 15.4 Å². The summed E-state index contributed by atoms with van der Waals surface area (Å²) in [5.74, 6) is 7.16. The van der Waals surface area contributed by atoms with Crippen LogP contribution >= 0.6 is 0 Å². The summed E-state index contributed by atoms with van der Waals surface area (Å²) < 4.78 is 17.3. The number of hydrazine groups is 1. The second-order valence-electron chi connectivity index (χ2n) is 14.5. The smallest absolute Gasteiger partial charge is 0.242 e. The minimum atomic E-state index is -0.800. The van der Waals surface area contributed by atoms with Crippen molar-refractivity contribution in [3.8, 4) is 45.5 Å². The van der Waals surface area contributed by atoms with Crippen LogP contribution in [0.4, 0.5) is 0 Å². The van der Waals surface area contributed by atoms with Crippen molar-refractivity contribution in [3.63, 3.8) is 0 Å². The van der Waals surface area contributed by atoms with E-state index in [-0.39, 0.29) is 36.9 Å². The van der Waals surface area contributed by atoms with Gasteiger partial charge in [-0.05, 0) is 84.4 Å². The number of unbranched alkanes of at least 4 members (excludes halogenated alkanes) is 1. The van der Waals surface area contributed by atoms with Crippen molar-refractivity contribution >= 4 is 11.8 Å². The number of carbonyl (C=O) groups excluding carboxylic acids is 2. The molecule has 55 heavy (non-hydrogen) atoms. The number of rotatable bonds is 17. The molecule has 0 aliphatic carbocycles. The zero-order valence-corrected chi connectivity index (χ0v) is 31.6. The number of aromatic nitrogens is 1. The van der Waals surface area contributed by atoms with Crippen molar-refractivity contribution in [2.24, 2.45) is 11.3 Å². The average Bonchev–Trinajstić information content (AvgIpc) is 3.67. The fourth-order valence-corrected chi connectivity index (χ4v) is 6.48. The van der Waals surface area contributed by atoms with Gasteiger partial charge in [-0.25, -0.2) is 10.4 Å². The van der Waals surface area contributed by atoms with Gasteiger partial charge in [0.15, 0.2) is 11.5 Å². The number of fused-ring (bicyclic) bond motifs is 1. The predicted octanol–water partition coefficient (Wildman–Crippen LogP) is 5.83. The Balaban J connectivity index is 1.04. The lowest BCUT2D eigenvalue weighted by Crippen LogP contribution is -2.51. The summed E-state index contributed by atoms with van der Waals surface area (Å²) in [5.41, 5.74) is 7.51. The quantitative estimate of drug-likeness (QED) is 0.0505. The Labute approximate surface area is 322 Å². The molecule has 2 atom stereocenters. The summed E-state index contributed by atoms with van der Waals surface area (Å²) >= 11 is 0. The lowest BCUT2D eigenvalue weighted by molar-refractivity contribution is -0.134. The minimum absolute atomic E-state index is 0.0884. The molecule has 0 bridgehead atoms. The van der Waals surface area contributed by atoms with Crippen LogP contribution in [0.5, 0.6) is 23.1 Å². The molecule has 1 unspecified atom stereocenters. The van der Waals surface area contributed by atoms with Gasteiger partial charge in [-0.15, -0.1) is 0 Å². The maximum Gasteiger partial charge on any atom is 0.242 e. The molecule has 0 spiro atoms. The maximum atomic E-state index is 13.7. The van der Waals surface area contributed by atoms with Crippen LogP contribution in [0.15, 0.2) is 109 Å². The molecular formula is C43H50N6O6. The third-order valence-corrected chi connectivity index (χ3v) is 9.82. The van der Waals surface area contributed by atoms with E-state index in [0.717, 1.165) is 45.7 Å². The third-order valence-electron chi connectivity index (χ3n) is 9.82. The first-order chi connectivity index (χ1) is 26.6. The molecule has 6 N–H and O–H groups in total. The highest BCUT2D eigenvalue weighted by Crippen LogP contribution is 2.37. The van der Waals surface area contributed by atoms with Crippen LogP contribution in [0.2, 0.25) is 0 Å². The summed E-state index contributed by atoms with van der Waals surface area (Å²) in [5, 5.41) is 15.8. The zero-order valence-electron chi connectivity index (χ0n) is 31.6. The number of hydrogen-bond acceptors (Lipinski definition) is 10. The maximum absolute atomic E-state index is 13.7. The van der Waals surface area contributed by atoms with Crippen molar-refractivity contribution in [1.82, 2.24) is 25.9 Å². The van der Waals surface area contributed by atoms with E-state index >= 15 is 0 Å². The van der Waals surface area contributed by atoms with Gasteiger partial charge >= 0.3 is 0 Å². The Morgan fingerprint density at radius 2 is 1.76 bits per heavy atom. The molecule has 2 amide bonds. The van der Waals surface area contributed by atoms with E-state index in [1.54, 1.807) is 24.3 Å². The second-order valence-corrected chi connectivity index (χ2v) is 14.5. The number of likely N-dealkylation sites (N-methyl/N-ethyl adjacent to an activating group) is 1. The Morgan fingerprint density at radius 1 is 0.982 bits per heavy atom. The van der Waals surface area contributed by atoms with E-state index in [0.29, 0.717) is 44.0 Å². The number of nitrogens with zero attached hydrogens (tertiary/aromatic N) is 2. The van der Waals surface area contributed by atoms with Gasteiger partial charge in [0.2, 0.25) is 24.5 Å². The number of phenols is 1. The molecule has 3 heterocycles. The van der Waals surface area contributed by atoms with Crippen LogP contribution in [-0.2, 0) is 16.0 Å². The highest BCUT2D eigenvalue weighted by Gasteiger charge is 2.31. The molecule has 0 radical (unpaired) electrons. The van der Waals surface area contributed by atoms with Crippen LogP contribution in [0.3, 0.4) is 0 Å². The van der Waals surface area contributed by atoms with Crippen LogP contribution in [-0.4, -0.2) is 66.0 Å². The number of ether oxygens (including phenoxy) is 3. The molecule has 1 aromatic heterocycles. The Bertz CT molecular complexity index is 2000. The standard InChI is InChI=1S/C43H50N6O6/c1-43(2,42(52)47-36(23-29-11-15-34(50)16-12-29)41(51)45-21-19-30-13-18-39(48-44)49(3)27-30)20-7-8-22-53-40-26-33(24-35(46-40)31-9-5-4-6-10-31)32-14-17-37-38(25-32)55-28-54-37/h4-6,9-18,24-27,36,39,48,50H,7-8,19-23,28,44H2,1-3H3,(H,45,51)(H,47,52)/t36-,39?/m0/s1. The first-order valence-electron chi connectivity index (χ1n) is 18.6. The molecule has 12 heteroatoms. The number of benzene rings is 3. The Hall–Kier alpha value is -5.85. The van der Waals surface area contributed by atoms with Crippen molar-refractivity contribution in [1.29, 1.82) is 0 Å². The van der Waals surface area contributed by atoms with E-state index in [1.807, 2.05) is 105 Å². The number of phenolic OH excluding ortho intramolecular Hbond substituents is 1. The number of amides is 2. The molecule has 2 aliphatic heterocycles. The Kier molecular flexibility index (Phi) is 12.7. The average molecular weight is 747 g/mol. The molecule has 3 aromatic carbocycles. The molecule has 288 valence electrons. The number of nitrogens with one attached hydrogen (secondary N) is 3. The minimum Gasteiger partial charge on any atom is -0.508 e. The lowest BCUT2D eigenvalue weighted by Gasteiger charge is -2.28. The molecule has 2 aliphatic rings. The van der Waals surface area contributed by atoms with E-state index in [2.05, 4.69) is 16.1 Å². The fourth-order valence-electron chi connectivity index (χ4n) is 6.48. The summed E-state index contributed by atoms with van der Waals surface area (Å²) in [6, 6.07) is 25.7. The second kappa shape index (κ2) is 18.0. The first-order valence-corrected chi connectivity index (χ1v) is 18.6. The van der Waals surface area contributed by atoms with Gasteiger partial charge in [-0.2, -0.15) is 0 Å². The van der Waals surface area contributed by atoms with Crippen molar-refractivity contribution in [2.45, 2.75) is 58.2 Å². The normalized spacial score (nSPS) is 15.3. The first kappa shape index (κ1) is 38.9. The number of carbonyl (C=O) groups is 2. The van der Waals surface area contributed by atoms with Crippen molar-refractivity contribution < 1.29 is 28.9 Å². The molecule has 4 aromatic rings. The van der Waals surface area contributed by atoms with Crippen LogP contribution < -0.4 is 36.1 Å². The molecule has 6 rings (SSSR count). The zero-order chi connectivity index (χ0) is 38.8. The summed E-state index contributed by atoms with van der Waals surface area (Å²) in [4.78, 5) is 34.0. The van der Waals surface area contributed by atoms with E-state index in [1.165, 1.54) is 0 Å². The van der Waals surface area contributed by atoms with Gasteiger partial charge in [0.1, 0.15) is 18.0 Å². The topological polar surface area (TPSA) is 160 Å². The molecular weight excluding hydrogens is 697 g/mol. The number of aromatic hydroxyl groups is 1. The van der Waals surface area contributed by atoms with Gasteiger partial charge in [0.25, 0.3) is 0 Å². The number of hydrogen-bond donors (Lipinski definition) is 5. The fraction of sp³-hybridized carbons (Fsp3) is 0.326. The van der Waals surface area contributed by atoms with Crippen LogP contribution in [0.1, 0.15) is 45.1 Å². The number of allylic oxidation sites excluding steroid dienone is 1. The largest absolute Gasteiger partial charge is 0.508 e. The Morgan fingerprint density at radius 3 is 2.53 bits per heavy atom. The SMILES string of the molecule is CN1C=C(CCNC(=O)[C@H](Cc2ccc(O)cc2)NC(=O)C(C)(C)CCCCOc2cc(-c3ccc4c(c3)OCO4)cc(-c3ccccc3)n2)C=CC1NN. The van der Waals surface area contributed by atoms with Crippen molar-refractivity contribution in [2.75, 3.05) is 27.0 Å².